The summed E-state index contributed by atoms with van der Waals surface area (Å²) in [5.74, 6) is 0. The molecule has 1 N–H and O–H groups in total. The first-order valence-corrected chi connectivity index (χ1v) is 8.76. The molecule has 0 amide bonds. The highest BCUT2D eigenvalue weighted by Gasteiger charge is 2.16. The molecule has 1 heterocycles. The van der Waals surface area contributed by atoms with Gasteiger partial charge in [0.2, 0.25) is 0 Å². The van der Waals surface area contributed by atoms with Crippen LogP contribution in [0.25, 0.3) is 0 Å². The molecule has 0 aliphatic heterocycles. The van der Waals surface area contributed by atoms with Crippen LogP contribution in [0.1, 0.15) is 11.1 Å². The third kappa shape index (κ3) is 3.39. The molecule has 0 aliphatic carbocycles. The van der Waals surface area contributed by atoms with Crippen LogP contribution in [0.15, 0.2) is 44.4 Å². The molecule has 0 spiro atoms. The van der Waals surface area contributed by atoms with Crippen LogP contribution in [-0.2, 0) is 10.0 Å². The number of aryl methyl sites for hydroxylation is 2. The predicted octanol–water partition coefficient (Wildman–Crippen LogP) is 4.02. The maximum absolute atomic E-state index is 12.3. The van der Waals surface area contributed by atoms with E-state index in [0.29, 0.717) is 10.2 Å². The molecule has 0 bridgehead atoms. The summed E-state index contributed by atoms with van der Waals surface area (Å²) in [6.07, 6.45) is 2.85. The number of halogens is 2. The van der Waals surface area contributed by atoms with Gasteiger partial charge in [-0.05, 0) is 59.1 Å². The summed E-state index contributed by atoms with van der Waals surface area (Å²) >= 11 is 6.67. The van der Waals surface area contributed by atoms with Gasteiger partial charge in [0.25, 0.3) is 10.0 Å². The normalized spacial score (nSPS) is 11.4. The second kappa shape index (κ2) is 5.83. The highest BCUT2D eigenvalue weighted by atomic mass is 79.9. The fraction of sp³-hybridized carbons (Fsp3) is 0.154. The number of rotatable bonds is 3. The number of nitrogens with one attached hydrogen (secondary N) is 1. The number of aromatic nitrogens is 1. The van der Waals surface area contributed by atoms with Crippen molar-refractivity contribution in [3.8, 4) is 0 Å². The summed E-state index contributed by atoms with van der Waals surface area (Å²) < 4.78 is 28.7. The Labute approximate surface area is 134 Å². The molecule has 106 valence electrons. The van der Waals surface area contributed by atoms with Crippen molar-refractivity contribution in [1.82, 2.24) is 4.98 Å². The highest BCUT2D eigenvalue weighted by Crippen LogP contribution is 2.26. The average Bonchev–Trinajstić information content (AvgIpc) is 2.35. The Hall–Kier alpha value is -0.920. The van der Waals surface area contributed by atoms with Crippen molar-refractivity contribution < 1.29 is 8.42 Å². The maximum Gasteiger partial charge on any atom is 0.263 e. The smallest absolute Gasteiger partial charge is 0.263 e. The Balaban J connectivity index is 2.38. The van der Waals surface area contributed by atoms with Gasteiger partial charge in [-0.2, -0.15) is 0 Å². The van der Waals surface area contributed by atoms with Crippen LogP contribution in [0.5, 0.6) is 0 Å². The second-order valence-electron chi connectivity index (χ2n) is 4.37. The van der Waals surface area contributed by atoms with Gasteiger partial charge in [-0.15, -0.1) is 0 Å². The van der Waals surface area contributed by atoms with Crippen molar-refractivity contribution in [2.75, 3.05) is 4.72 Å². The van der Waals surface area contributed by atoms with Crippen LogP contribution in [0.4, 0.5) is 5.69 Å². The van der Waals surface area contributed by atoms with E-state index in [-0.39, 0.29) is 4.90 Å². The van der Waals surface area contributed by atoms with Crippen LogP contribution >= 0.6 is 31.9 Å². The van der Waals surface area contributed by atoms with E-state index >= 15 is 0 Å². The molecule has 0 radical (unpaired) electrons. The second-order valence-corrected chi connectivity index (χ2v) is 7.76. The molecule has 1 aromatic heterocycles. The summed E-state index contributed by atoms with van der Waals surface area (Å²) in [5.41, 5.74) is 2.47. The quantitative estimate of drug-likeness (QED) is 0.816. The lowest BCUT2D eigenvalue weighted by Gasteiger charge is -2.11. The Morgan fingerprint density at radius 2 is 1.65 bits per heavy atom. The average molecular weight is 420 g/mol. The van der Waals surface area contributed by atoms with Crippen molar-refractivity contribution in [3.05, 3.63) is 50.7 Å². The van der Waals surface area contributed by atoms with E-state index in [2.05, 4.69) is 41.6 Å². The van der Waals surface area contributed by atoms with Crippen molar-refractivity contribution in [3.63, 3.8) is 0 Å². The minimum atomic E-state index is -3.64. The van der Waals surface area contributed by atoms with Gasteiger partial charge in [0.15, 0.2) is 0 Å². The van der Waals surface area contributed by atoms with E-state index in [1.165, 1.54) is 18.5 Å². The molecule has 0 atom stereocenters. The van der Waals surface area contributed by atoms with Crippen LogP contribution in [0, 0.1) is 13.8 Å². The van der Waals surface area contributed by atoms with E-state index in [0.717, 1.165) is 15.6 Å². The molecule has 0 aliphatic rings. The lowest BCUT2D eigenvalue weighted by molar-refractivity contribution is 0.600. The Morgan fingerprint density at radius 3 is 2.20 bits per heavy atom. The summed E-state index contributed by atoms with van der Waals surface area (Å²) in [4.78, 5) is 3.98. The predicted molar refractivity (Wildman–Crippen MR) is 86.4 cm³/mol. The molecule has 0 saturated heterocycles. The van der Waals surface area contributed by atoms with Gasteiger partial charge in [-0.3, -0.25) is 9.71 Å². The van der Waals surface area contributed by atoms with E-state index < -0.39 is 10.0 Å². The van der Waals surface area contributed by atoms with Gasteiger partial charge >= 0.3 is 0 Å². The fourth-order valence-corrected chi connectivity index (χ4v) is 3.53. The van der Waals surface area contributed by atoms with Crippen LogP contribution in [-0.4, -0.2) is 13.4 Å². The monoisotopic (exact) mass is 418 g/mol. The number of nitrogens with zero attached hydrogens (tertiary/aromatic N) is 1. The molecule has 7 heteroatoms. The van der Waals surface area contributed by atoms with E-state index in [4.69, 9.17) is 0 Å². The molecule has 4 nitrogen and oxygen atoms in total. The standard InChI is InChI=1S/C13H12Br2N2O2S/c1-8-3-11(4-9(2)13(8)15)17-20(18,19)12-5-10(14)6-16-7-12/h3-7,17H,1-2H3. The van der Waals surface area contributed by atoms with Gasteiger partial charge in [0.1, 0.15) is 4.90 Å². The van der Waals surface area contributed by atoms with Gasteiger partial charge in [-0.1, -0.05) is 15.9 Å². The third-order valence-electron chi connectivity index (χ3n) is 2.68. The zero-order chi connectivity index (χ0) is 14.9. The van der Waals surface area contributed by atoms with Gasteiger partial charge in [0.05, 0.1) is 0 Å². The minimum absolute atomic E-state index is 0.116. The lowest BCUT2D eigenvalue weighted by Crippen LogP contribution is -2.13. The van der Waals surface area contributed by atoms with Crippen molar-refractivity contribution in [1.29, 1.82) is 0 Å². The fourth-order valence-electron chi connectivity index (χ4n) is 1.76. The van der Waals surface area contributed by atoms with E-state index in [1.807, 2.05) is 13.8 Å². The zero-order valence-electron chi connectivity index (χ0n) is 10.8. The molecule has 2 rings (SSSR count). The molecular formula is C13H12Br2N2O2S. The first-order valence-electron chi connectivity index (χ1n) is 5.70. The number of hydrogen-bond acceptors (Lipinski definition) is 3. The Morgan fingerprint density at radius 1 is 1.05 bits per heavy atom. The molecule has 20 heavy (non-hydrogen) atoms. The summed E-state index contributed by atoms with van der Waals surface area (Å²) in [6.45, 7) is 3.82. The molecule has 1 aromatic carbocycles. The van der Waals surface area contributed by atoms with Crippen LogP contribution < -0.4 is 4.72 Å². The summed E-state index contributed by atoms with van der Waals surface area (Å²) in [5, 5.41) is 0. The number of anilines is 1. The molecule has 2 aromatic rings. The first kappa shape index (κ1) is 15.5. The van der Waals surface area contributed by atoms with Crippen LogP contribution in [0.2, 0.25) is 0 Å². The van der Waals surface area contributed by atoms with Gasteiger partial charge in [0, 0.05) is 27.0 Å². The van der Waals surface area contributed by atoms with Crippen LogP contribution in [0.3, 0.4) is 0 Å². The Bertz CT molecular complexity index is 738. The summed E-state index contributed by atoms with van der Waals surface area (Å²) in [6, 6.07) is 5.06. The molecule has 0 unspecified atom stereocenters. The SMILES string of the molecule is Cc1cc(NS(=O)(=O)c2cncc(Br)c2)cc(C)c1Br. The van der Waals surface area contributed by atoms with E-state index in [9.17, 15) is 8.42 Å². The van der Waals surface area contributed by atoms with E-state index in [1.54, 1.807) is 12.1 Å². The highest BCUT2D eigenvalue weighted by molar-refractivity contribution is 9.10. The minimum Gasteiger partial charge on any atom is -0.280 e. The number of pyridine rings is 1. The van der Waals surface area contributed by atoms with Crippen molar-refractivity contribution in [2.24, 2.45) is 0 Å². The number of benzene rings is 1. The number of hydrogen-bond donors (Lipinski definition) is 1. The first-order chi connectivity index (χ1) is 9.29. The van der Waals surface area contributed by atoms with Gasteiger partial charge < -0.3 is 0 Å². The number of sulfonamides is 1. The third-order valence-corrected chi connectivity index (χ3v) is 5.71. The largest absolute Gasteiger partial charge is 0.280 e. The van der Waals surface area contributed by atoms with Gasteiger partial charge in [-0.25, -0.2) is 8.42 Å². The van der Waals surface area contributed by atoms with Crippen molar-refractivity contribution >= 4 is 47.6 Å². The Kier molecular flexibility index (Phi) is 4.51. The molecular weight excluding hydrogens is 408 g/mol. The molecule has 0 saturated carbocycles. The zero-order valence-corrected chi connectivity index (χ0v) is 14.8. The maximum atomic E-state index is 12.3. The summed E-state index contributed by atoms with van der Waals surface area (Å²) in [7, 11) is -3.64. The lowest BCUT2D eigenvalue weighted by atomic mass is 10.1. The van der Waals surface area contributed by atoms with Crippen molar-refractivity contribution in [2.45, 2.75) is 18.7 Å². The molecule has 0 fully saturated rings. The topological polar surface area (TPSA) is 59.1 Å².